The number of aldehydes is 1. The predicted molar refractivity (Wildman–Crippen MR) is 87.0 cm³/mol. The Labute approximate surface area is 139 Å². The molecule has 1 aromatic carbocycles. The minimum atomic E-state index is -0.119. The molecule has 22 heavy (non-hydrogen) atoms. The number of nitrogens with zero attached hydrogens (tertiary/aromatic N) is 2. The van der Waals surface area contributed by atoms with E-state index in [2.05, 4.69) is 11.9 Å². The van der Waals surface area contributed by atoms with Gasteiger partial charge in [-0.25, -0.2) is 4.98 Å². The van der Waals surface area contributed by atoms with Crippen LogP contribution in [-0.2, 0) is 13.0 Å². The van der Waals surface area contributed by atoms with E-state index < -0.39 is 0 Å². The van der Waals surface area contributed by atoms with Crippen LogP contribution in [0.5, 0.6) is 0 Å². The van der Waals surface area contributed by atoms with Gasteiger partial charge >= 0.3 is 0 Å². The molecular formula is C16H16Cl2N2O2. The molecule has 0 spiro atoms. The number of unbranched alkanes of at least 4 members (excludes halogenated alkanes) is 1. The molecule has 1 heterocycles. The average molecular weight is 339 g/mol. The van der Waals surface area contributed by atoms with Gasteiger partial charge in [-0.15, -0.1) is 0 Å². The smallest absolute Gasteiger partial charge is 0.182 e. The normalized spacial score (nSPS) is 10.7. The second kappa shape index (κ2) is 7.56. The molecule has 0 atom stereocenters. The second-order valence-corrected chi connectivity index (χ2v) is 5.74. The molecule has 1 aromatic heterocycles. The molecule has 0 amide bonds. The van der Waals surface area contributed by atoms with Crippen molar-refractivity contribution in [3.8, 4) is 0 Å². The molecule has 0 radical (unpaired) electrons. The highest BCUT2D eigenvalue weighted by atomic mass is 35.5. The van der Waals surface area contributed by atoms with Crippen molar-refractivity contribution in [1.29, 1.82) is 0 Å². The van der Waals surface area contributed by atoms with Gasteiger partial charge in [0.05, 0.1) is 6.54 Å². The molecule has 0 aliphatic carbocycles. The van der Waals surface area contributed by atoms with Gasteiger partial charge in [0.2, 0.25) is 0 Å². The van der Waals surface area contributed by atoms with E-state index in [1.165, 1.54) is 0 Å². The minimum Gasteiger partial charge on any atom is -0.317 e. The Balaban J connectivity index is 2.28. The van der Waals surface area contributed by atoms with Gasteiger partial charge in [-0.05, 0) is 30.7 Å². The van der Waals surface area contributed by atoms with E-state index in [0.29, 0.717) is 29.1 Å². The number of aryl methyl sites for hydroxylation is 1. The maximum Gasteiger partial charge on any atom is 0.182 e. The van der Waals surface area contributed by atoms with E-state index in [9.17, 15) is 9.59 Å². The SMILES string of the molecule is CCCCc1nc(Cl)c(C=O)n1CC(=O)c1ccc(Cl)cc1. The first-order valence-electron chi connectivity index (χ1n) is 7.05. The van der Waals surface area contributed by atoms with E-state index in [1.54, 1.807) is 28.8 Å². The molecule has 6 heteroatoms. The lowest BCUT2D eigenvalue weighted by Crippen LogP contribution is -2.15. The van der Waals surface area contributed by atoms with Crippen molar-refractivity contribution in [2.24, 2.45) is 0 Å². The molecule has 116 valence electrons. The van der Waals surface area contributed by atoms with E-state index in [4.69, 9.17) is 23.2 Å². The summed E-state index contributed by atoms with van der Waals surface area (Å²) in [4.78, 5) is 27.8. The van der Waals surface area contributed by atoms with Crippen LogP contribution in [-0.4, -0.2) is 21.6 Å². The van der Waals surface area contributed by atoms with Crippen molar-refractivity contribution >= 4 is 35.3 Å². The molecule has 4 nitrogen and oxygen atoms in total. The Morgan fingerprint density at radius 1 is 1.27 bits per heavy atom. The van der Waals surface area contributed by atoms with Crippen LogP contribution in [0.4, 0.5) is 0 Å². The quantitative estimate of drug-likeness (QED) is 0.560. The Morgan fingerprint density at radius 3 is 2.55 bits per heavy atom. The summed E-state index contributed by atoms with van der Waals surface area (Å²) < 4.78 is 1.60. The van der Waals surface area contributed by atoms with Crippen molar-refractivity contribution in [1.82, 2.24) is 9.55 Å². The summed E-state index contributed by atoms with van der Waals surface area (Å²) in [5, 5.41) is 0.712. The number of carbonyl (C=O) groups excluding carboxylic acids is 2. The van der Waals surface area contributed by atoms with Gasteiger partial charge in [0, 0.05) is 17.0 Å². The molecule has 2 aromatic rings. The predicted octanol–water partition coefficient (Wildman–Crippen LogP) is 4.23. The van der Waals surface area contributed by atoms with Crippen molar-refractivity contribution in [2.45, 2.75) is 32.7 Å². The third-order valence-corrected chi connectivity index (χ3v) is 3.90. The van der Waals surface area contributed by atoms with Crippen LogP contribution < -0.4 is 0 Å². The van der Waals surface area contributed by atoms with Gasteiger partial charge in [0.15, 0.2) is 17.2 Å². The van der Waals surface area contributed by atoms with Gasteiger partial charge in [-0.3, -0.25) is 9.59 Å². The summed E-state index contributed by atoms with van der Waals surface area (Å²) in [6, 6.07) is 6.65. The standard InChI is InChI=1S/C16H16Cl2N2O2/c1-2-3-4-15-19-16(18)13(10-21)20(15)9-14(22)11-5-7-12(17)8-6-11/h5-8,10H,2-4,9H2,1H3. The number of benzene rings is 1. The third kappa shape index (κ3) is 3.76. The number of aromatic nitrogens is 2. The first-order chi connectivity index (χ1) is 10.6. The summed E-state index contributed by atoms with van der Waals surface area (Å²) in [5.74, 6) is 0.544. The molecule has 0 unspecified atom stereocenters. The molecule has 2 rings (SSSR count). The number of rotatable bonds is 7. The van der Waals surface area contributed by atoms with Crippen molar-refractivity contribution in [2.75, 3.05) is 0 Å². The maximum absolute atomic E-state index is 12.4. The number of imidazole rings is 1. The lowest BCUT2D eigenvalue weighted by Gasteiger charge is -2.09. The highest BCUT2D eigenvalue weighted by Crippen LogP contribution is 2.19. The zero-order valence-electron chi connectivity index (χ0n) is 12.2. The summed E-state index contributed by atoms with van der Waals surface area (Å²) in [6.07, 6.45) is 3.23. The summed E-state index contributed by atoms with van der Waals surface area (Å²) >= 11 is 11.8. The van der Waals surface area contributed by atoms with Crippen molar-refractivity contribution in [3.05, 3.63) is 51.5 Å². The van der Waals surface area contributed by atoms with Gasteiger partial charge in [-0.2, -0.15) is 0 Å². The monoisotopic (exact) mass is 338 g/mol. The fourth-order valence-electron chi connectivity index (χ4n) is 2.17. The number of hydrogen-bond acceptors (Lipinski definition) is 3. The minimum absolute atomic E-state index is 0.0362. The largest absolute Gasteiger partial charge is 0.317 e. The highest BCUT2D eigenvalue weighted by molar-refractivity contribution is 6.31. The number of ketones is 1. The van der Waals surface area contributed by atoms with Gasteiger partial charge < -0.3 is 4.57 Å². The Morgan fingerprint density at radius 2 is 1.95 bits per heavy atom. The Hall–Kier alpha value is -1.65. The van der Waals surface area contributed by atoms with E-state index in [-0.39, 0.29) is 23.2 Å². The molecule has 0 aliphatic heterocycles. The van der Waals surface area contributed by atoms with Crippen LogP contribution in [0.2, 0.25) is 10.2 Å². The zero-order valence-corrected chi connectivity index (χ0v) is 13.7. The van der Waals surface area contributed by atoms with Crippen LogP contribution in [0.1, 0.15) is 46.4 Å². The van der Waals surface area contributed by atoms with Gasteiger partial charge in [-0.1, -0.05) is 36.5 Å². The molecule has 0 N–H and O–H groups in total. The fraction of sp³-hybridized carbons (Fsp3) is 0.312. The molecular weight excluding hydrogens is 323 g/mol. The topological polar surface area (TPSA) is 52.0 Å². The molecule has 0 saturated carbocycles. The Bertz CT molecular complexity index is 678. The molecule has 0 fully saturated rings. The van der Waals surface area contributed by atoms with Gasteiger partial charge in [0.25, 0.3) is 0 Å². The zero-order chi connectivity index (χ0) is 16.1. The van der Waals surface area contributed by atoms with Crippen LogP contribution in [0, 0.1) is 0 Å². The van der Waals surface area contributed by atoms with Gasteiger partial charge in [0.1, 0.15) is 11.5 Å². The number of hydrogen-bond donors (Lipinski definition) is 0. The average Bonchev–Trinajstić information content (AvgIpc) is 2.80. The maximum atomic E-state index is 12.4. The molecule has 0 saturated heterocycles. The highest BCUT2D eigenvalue weighted by Gasteiger charge is 2.18. The summed E-state index contributed by atoms with van der Waals surface area (Å²) in [6.45, 7) is 2.10. The number of carbonyl (C=O) groups is 2. The van der Waals surface area contributed by atoms with E-state index >= 15 is 0 Å². The first kappa shape index (κ1) is 16.7. The van der Waals surface area contributed by atoms with Crippen molar-refractivity contribution in [3.63, 3.8) is 0 Å². The number of Topliss-reactive ketones (excluding diaryl/α,β-unsaturated/α-hetero) is 1. The lowest BCUT2D eigenvalue weighted by molar-refractivity contribution is 0.0969. The van der Waals surface area contributed by atoms with E-state index in [0.717, 1.165) is 12.8 Å². The summed E-state index contributed by atoms with van der Waals surface area (Å²) in [5.41, 5.74) is 0.780. The van der Waals surface area contributed by atoms with Crippen LogP contribution in [0.3, 0.4) is 0 Å². The molecule has 0 bridgehead atoms. The second-order valence-electron chi connectivity index (χ2n) is 4.94. The fourth-order valence-corrected chi connectivity index (χ4v) is 2.54. The third-order valence-electron chi connectivity index (χ3n) is 3.37. The van der Waals surface area contributed by atoms with Crippen LogP contribution in [0.25, 0.3) is 0 Å². The van der Waals surface area contributed by atoms with Crippen LogP contribution >= 0.6 is 23.2 Å². The first-order valence-corrected chi connectivity index (χ1v) is 7.81. The summed E-state index contributed by atoms with van der Waals surface area (Å²) in [7, 11) is 0. The number of halogens is 2. The Kier molecular flexibility index (Phi) is 5.75. The van der Waals surface area contributed by atoms with Crippen molar-refractivity contribution < 1.29 is 9.59 Å². The van der Waals surface area contributed by atoms with E-state index in [1.807, 2.05) is 0 Å². The van der Waals surface area contributed by atoms with Crippen LogP contribution in [0.15, 0.2) is 24.3 Å². The lowest BCUT2D eigenvalue weighted by atomic mass is 10.1. The molecule has 0 aliphatic rings.